The molecule has 0 aromatic rings. The Morgan fingerprint density at radius 3 is 0.772 bits per heavy atom. The predicted octanol–water partition coefficient (Wildman–Crippen LogP) is 28.2. The van der Waals surface area contributed by atoms with E-state index in [0.29, 0.717) is 19.4 Å². The Morgan fingerprint density at radius 1 is 0.293 bits per heavy atom. The molecular weight excluding hydrogens is 1130 g/mol. The van der Waals surface area contributed by atoms with Crippen molar-refractivity contribution in [1.29, 1.82) is 0 Å². The Kier molecular flexibility index (Phi) is 79.8. The molecule has 0 aromatic heterocycles. The summed E-state index contributed by atoms with van der Waals surface area (Å²) in [4.78, 5) is 24.7. The minimum Gasteiger partial charge on any atom is -0.466 e. The van der Waals surface area contributed by atoms with E-state index in [-0.39, 0.29) is 18.5 Å². The standard InChI is InChI=1S/C86H165NO5/c1-3-5-7-9-11-13-15-17-19-21-22-23-24-38-41-44-47-50-54-58-62-66-70-74-78-84(89)83(82-88)87-85(90)79-75-71-67-63-59-55-51-48-45-42-39-36-34-32-30-28-26-25-27-29-31-33-35-37-40-43-46-49-53-57-61-65-69-73-77-81-92-86(91)80-76-72-68-64-60-56-52-20-18-16-14-12-10-8-6-4-2/h20,27,29,52,74,78,83-84,88-89H,3-19,21-26,28,30-51,53-73,75-77,79-82H2,1-2H3,(H,87,90)/b29-27-,52-20-,78-74+. The SMILES string of the molecule is CCCCCCCCC/C=C\CCCCCCCC(=O)OCCCCCCCCCCCCCCCC/C=C\CCCCCCCCCCCCCCCCCCCC(=O)NC(CO)C(O)/C=C/CCCCCCCCCCCCCCCCCCCCCCCC. The summed E-state index contributed by atoms with van der Waals surface area (Å²) in [5.41, 5.74) is 0. The van der Waals surface area contributed by atoms with Crippen LogP contribution in [0.4, 0.5) is 0 Å². The zero-order chi connectivity index (χ0) is 66.3. The number of hydrogen-bond donors (Lipinski definition) is 3. The number of amides is 1. The molecule has 0 aliphatic carbocycles. The van der Waals surface area contributed by atoms with Crippen molar-refractivity contribution in [1.82, 2.24) is 5.32 Å². The van der Waals surface area contributed by atoms with Crippen molar-refractivity contribution < 1.29 is 24.5 Å². The third-order valence-corrected chi connectivity index (χ3v) is 19.9. The van der Waals surface area contributed by atoms with E-state index in [1.54, 1.807) is 6.08 Å². The number of aliphatic hydroxyl groups is 2. The average molecular weight is 1290 g/mol. The van der Waals surface area contributed by atoms with Crippen LogP contribution in [0.1, 0.15) is 476 Å². The molecule has 1 amide bonds. The van der Waals surface area contributed by atoms with Gasteiger partial charge in [0.1, 0.15) is 0 Å². The molecular formula is C86H165NO5. The lowest BCUT2D eigenvalue weighted by Crippen LogP contribution is -2.45. The molecule has 3 N–H and O–H groups in total. The summed E-state index contributed by atoms with van der Waals surface area (Å²) in [6.45, 7) is 4.95. The Morgan fingerprint density at radius 2 is 0.511 bits per heavy atom. The van der Waals surface area contributed by atoms with Crippen molar-refractivity contribution in [2.24, 2.45) is 0 Å². The van der Waals surface area contributed by atoms with Crippen molar-refractivity contribution in [3.63, 3.8) is 0 Å². The number of rotatable bonds is 80. The molecule has 0 aromatic carbocycles. The molecule has 6 nitrogen and oxygen atoms in total. The van der Waals surface area contributed by atoms with Gasteiger partial charge in [0.25, 0.3) is 0 Å². The van der Waals surface area contributed by atoms with Gasteiger partial charge < -0.3 is 20.3 Å². The highest BCUT2D eigenvalue weighted by atomic mass is 16.5. The second-order valence-electron chi connectivity index (χ2n) is 29.2. The van der Waals surface area contributed by atoms with Gasteiger partial charge in [-0.15, -0.1) is 0 Å². The molecule has 2 unspecified atom stereocenters. The summed E-state index contributed by atoms with van der Waals surface area (Å²) in [7, 11) is 0. The summed E-state index contributed by atoms with van der Waals surface area (Å²) in [6.07, 6.45) is 107. The second kappa shape index (κ2) is 81.5. The fourth-order valence-electron chi connectivity index (χ4n) is 13.5. The van der Waals surface area contributed by atoms with Crippen LogP contribution in [-0.4, -0.2) is 47.4 Å². The van der Waals surface area contributed by atoms with E-state index in [4.69, 9.17) is 4.74 Å². The normalized spacial score (nSPS) is 12.6. The van der Waals surface area contributed by atoms with Crippen LogP contribution in [0.5, 0.6) is 0 Å². The molecule has 6 heteroatoms. The first-order valence-electron chi connectivity index (χ1n) is 42.3. The molecule has 2 atom stereocenters. The largest absolute Gasteiger partial charge is 0.466 e. The van der Waals surface area contributed by atoms with Crippen molar-refractivity contribution >= 4 is 11.9 Å². The van der Waals surface area contributed by atoms with Gasteiger partial charge in [0.2, 0.25) is 5.91 Å². The van der Waals surface area contributed by atoms with Crippen LogP contribution in [-0.2, 0) is 14.3 Å². The molecule has 0 saturated carbocycles. The van der Waals surface area contributed by atoms with Crippen LogP contribution in [0, 0.1) is 0 Å². The summed E-state index contributed by atoms with van der Waals surface area (Å²) in [5.74, 6) is -0.0456. The van der Waals surface area contributed by atoms with Crippen LogP contribution >= 0.6 is 0 Å². The highest BCUT2D eigenvalue weighted by Gasteiger charge is 2.18. The first-order chi connectivity index (χ1) is 45.5. The minimum atomic E-state index is -0.844. The van der Waals surface area contributed by atoms with Gasteiger partial charge in [-0.25, -0.2) is 0 Å². The van der Waals surface area contributed by atoms with Crippen LogP contribution in [0.3, 0.4) is 0 Å². The second-order valence-corrected chi connectivity index (χ2v) is 29.2. The third kappa shape index (κ3) is 77.1. The topological polar surface area (TPSA) is 95.9 Å². The number of aliphatic hydroxyl groups excluding tert-OH is 2. The fraction of sp³-hybridized carbons (Fsp3) is 0.907. The molecule has 0 aliphatic heterocycles. The Hall–Kier alpha value is -1.92. The highest BCUT2D eigenvalue weighted by molar-refractivity contribution is 5.76. The van der Waals surface area contributed by atoms with Gasteiger partial charge in [0.15, 0.2) is 0 Å². The van der Waals surface area contributed by atoms with Gasteiger partial charge in [-0.3, -0.25) is 9.59 Å². The molecule has 0 spiro atoms. The van der Waals surface area contributed by atoms with E-state index in [2.05, 4.69) is 43.5 Å². The number of allylic oxidation sites excluding steroid dienone is 5. The molecule has 0 bridgehead atoms. The van der Waals surface area contributed by atoms with E-state index in [9.17, 15) is 19.8 Å². The molecule has 0 fully saturated rings. The summed E-state index contributed by atoms with van der Waals surface area (Å²) >= 11 is 0. The Labute approximate surface area is 576 Å². The Balaban J connectivity index is 3.36. The van der Waals surface area contributed by atoms with Crippen molar-refractivity contribution in [2.45, 2.75) is 488 Å². The molecule has 0 heterocycles. The molecule has 0 aliphatic rings. The van der Waals surface area contributed by atoms with Gasteiger partial charge in [-0.2, -0.15) is 0 Å². The summed E-state index contributed by atoms with van der Waals surface area (Å²) < 4.78 is 5.50. The van der Waals surface area contributed by atoms with E-state index in [1.807, 2.05) is 6.08 Å². The third-order valence-electron chi connectivity index (χ3n) is 19.9. The average Bonchev–Trinajstić information content (AvgIpc) is 3.61. The maximum atomic E-state index is 12.6. The fourth-order valence-corrected chi connectivity index (χ4v) is 13.5. The van der Waals surface area contributed by atoms with Crippen LogP contribution in [0.2, 0.25) is 0 Å². The highest BCUT2D eigenvalue weighted by Crippen LogP contribution is 2.20. The number of esters is 1. The van der Waals surface area contributed by atoms with E-state index < -0.39 is 12.1 Å². The maximum Gasteiger partial charge on any atom is 0.305 e. The maximum absolute atomic E-state index is 12.6. The number of nitrogens with one attached hydrogen (secondary N) is 1. The first kappa shape index (κ1) is 90.1. The summed E-state index contributed by atoms with van der Waals surface area (Å²) in [5, 5.41) is 23.3. The molecule has 0 radical (unpaired) electrons. The molecule has 0 rings (SSSR count). The van der Waals surface area contributed by atoms with E-state index in [0.717, 1.165) is 44.9 Å². The number of hydrogen-bond acceptors (Lipinski definition) is 5. The lowest BCUT2D eigenvalue weighted by atomic mass is 10.0. The van der Waals surface area contributed by atoms with Gasteiger partial charge >= 0.3 is 5.97 Å². The number of ether oxygens (including phenoxy) is 1. The van der Waals surface area contributed by atoms with Crippen molar-refractivity contribution in [2.75, 3.05) is 13.2 Å². The lowest BCUT2D eigenvalue weighted by Gasteiger charge is -2.20. The van der Waals surface area contributed by atoms with Gasteiger partial charge in [0.05, 0.1) is 25.4 Å². The van der Waals surface area contributed by atoms with Gasteiger partial charge in [-0.1, -0.05) is 416 Å². The zero-order valence-electron chi connectivity index (χ0n) is 62.6. The van der Waals surface area contributed by atoms with Crippen LogP contribution in [0.25, 0.3) is 0 Å². The lowest BCUT2D eigenvalue weighted by molar-refractivity contribution is -0.143. The molecule has 92 heavy (non-hydrogen) atoms. The summed E-state index contributed by atoms with van der Waals surface area (Å²) in [6, 6.07) is -0.627. The minimum absolute atomic E-state index is 0.0135. The van der Waals surface area contributed by atoms with Gasteiger partial charge in [-0.05, 0) is 83.5 Å². The Bertz CT molecular complexity index is 1490. The smallest absolute Gasteiger partial charge is 0.305 e. The molecule has 0 saturated heterocycles. The van der Waals surface area contributed by atoms with Crippen molar-refractivity contribution in [3.8, 4) is 0 Å². The van der Waals surface area contributed by atoms with Crippen LogP contribution in [0.15, 0.2) is 36.5 Å². The molecule has 544 valence electrons. The first-order valence-corrected chi connectivity index (χ1v) is 42.3. The zero-order valence-corrected chi connectivity index (χ0v) is 62.6. The quantitative estimate of drug-likeness (QED) is 0.0320. The number of unbranched alkanes of at least 4 members (excludes halogenated alkanes) is 65. The monoisotopic (exact) mass is 1290 g/mol. The predicted molar refractivity (Wildman–Crippen MR) is 407 cm³/mol. The number of carbonyl (C=O) groups is 2. The van der Waals surface area contributed by atoms with Crippen LogP contribution < -0.4 is 5.32 Å². The van der Waals surface area contributed by atoms with Crippen molar-refractivity contribution in [3.05, 3.63) is 36.5 Å². The van der Waals surface area contributed by atoms with Gasteiger partial charge in [0, 0.05) is 12.8 Å². The van der Waals surface area contributed by atoms with E-state index in [1.165, 1.54) is 405 Å². The van der Waals surface area contributed by atoms with E-state index >= 15 is 0 Å². The number of carbonyl (C=O) groups excluding carboxylic acids is 2.